The van der Waals surface area contributed by atoms with Crippen LogP contribution in [0.3, 0.4) is 0 Å². The van der Waals surface area contributed by atoms with Crippen LogP contribution in [0.2, 0.25) is 0 Å². The maximum Gasteiger partial charge on any atom is 0.223 e. The fourth-order valence-electron chi connectivity index (χ4n) is 5.95. The van der Waals surface area contributed by atoms with Gasteiger partial charge in [-0.3, -0.25) is 4.79 Å². The molecule has 0 aromatic rings. The van der Waals surface area contributed by atoms with Crippen molar-refractivity contribution in [1.82, 2.24) is 5.32 Å². The monoisotopic (exact) mass is 277 g/mol. The summed E-state index contributed by atoms with van der Waals surface area (Å²) in [5.74, 6) is 4.39. The largest absolute Gasteiger partial charge is 0.393 e. The number of aliphatic hydroxyl groups excluding tert-OH is 1. The molecule has 0 radical (unpaired) electrons. The van der Waals surface area contributed by atoms with E-state index in [2.05, 4.69) is 5.32 Å². The first kappa shape index (κ1) is 13.1. The Balaban J connectivity index is 1.34. The maximum absolute atomic E-state index is 12.6. The number of carbonyl (C=O) groups excluding carboxylic acids is 1. The molecular weight excluding hydrogens is 250 g/mol. The van der Waals surface area contributed by atoms with Crippen molar-refractivity contribution < 1.29 is 9.90 Å². The van der Waals surface area contributed by atoms with E-state index in [9.17, 15) is 9.90 Å². The first-order chi connectivity index (χ1) is 9.69. The lowest BCUT2D eigenvalue weighted by Crippen LogP contribution is -2.51. The standard InChI is InChI=1S/C17H27NO2/c19-15-2-1-10(8-15)9-18-17(20)16-13-4-11-3-12(6-13)7-14(16)5-11/h10-16,19H,1-9H2,(H,18,20). The van der Waals surface area contributed by atoms with E-state index < -0.39 is 0 Å². The van der Waals surface area contributed by atoms with E-state index in [0.29, 0.717) is 29.6 Å². The van der Waals surface area contributed by atoms with Gasteiger partial charge in [0.25, 0.3) is 0 Å². The van der Waals surface area contributed by atoms with Crippen LogP contribution in [0.25, 0.3) is 0 Å². The molecule has 4 bridgehead atoms. The summed E-state index contributed by atoms with van der Waals surface area (Å²) in [4.78, 5) is 12.6. The Morgan fingerprint density at radius 1 is 0.950 bits per heavy atom. The van der Waals surface area contributed by atoms with Gasteiger partial charge in [0.05, 0.1) is 6.10 Å². The van der Waals surface area contributed by atoms with Crippen LogP contribution < -0.4 is 5.32 Å². The van der Waals surface area contributed by atoms with Crippen LogP contribution in [0.15, 0.2) is 0 Å². The highest BCUT2D eigenvalue weighted by atomic mass is 16.3. The molecule has 0 saturated heterocycles. The van der Waals surface area contributed by atoms with E-state index in [1.165, 1.54) is 32.1 Å². The SMILES string of the molecule is O=C(NCC1CCC(O)C1)C1C2CC3CC(C2)CC1C3. The van der Waals surface area contributed by atoms with Gasteiger partial charge in [0.1, 0.15) is 0 Å². The Hall–Kier alpha value is -0.570. The molecule has 3 heteroatoms. The van der Waals surface area contributed by atoms with Crippen molar-refractivity contribution in [3.63, 3.8) is 0 Å². The van der Waals surface area contributed by atoms with E-state index >= 15 is 0 Å². The number of hydrogen-bond acceptors (Lipinski definition) is 2. The van der Waals surface area contributed by atoms with E-state index in [1.807, 2.05) is 0 Å². The predicted molar refractivity (Wildman–Crippen MR) is 76.9 cm³/mol. The summed E-state index contributed by atoms with van der Waals surface area (Å²) < 4.78 is 0. The van der Waals surface area contributed by atoms with Crippen molar-refractivity contribution >= 4 is 5.91 Å². The number of aliphatic hydroxyl groups is 1. The Kier molecular flexibility index (Phi) is 3.29. The minimum absolute atomic E-state index is 0.127. The van der Waals surface area contributed by atoms with Crippen LogP contribution >= 0.6 is 0 Å². The zero-order valence-electron chi connectivity index (χ0n) is 12.3. The summed E-state index contributed by atoms with van der Waals surface area (Å²) in [6, 6.07) is 0. The number of nitrogens with one attached hydrogen (secondary N) is 1. The number of rotatable bonds is 3. The third-order valence-corrected chi connectivity index (χ3v) is 6.61. The fourth-order valence-corrected chi connectivity index (χ4v) is 5.95. The predicted octanol–water partition coefficient (Wildman–Crippen LogP) is 2.34. The van der Waals surface area contributed by atoms with Crippen LogP contribution in [0.1, 0.15) is 51.4 Å². The second-order valence-corrected chi connectivity index (χ2v) is 8.03. The Morgan fingerprint density at radius 2 is 1.60 bits per heavy atom. The molecule has 5 aliphatic carbocycles. The summed E-state index contributed by atoms with van der Waals surface area (Å²) >= 11 is 0. The molecule has 0 aromatic carbocycles. The lowest BCUT2D eigenvalue weighted by molar-refractivity contribution is -0.138. The topological polar surface area (TPSA) is 49.3 Å². The van der Waals surface area contributed by atoms with Gasteiger partial charge in [-0.25, -0.2) is 0 Å². The maximum atomic E-state index is 12.6. The average molecular weight is 277 g/mol. The third-order valence-electron chi connectivity index (χ3n) is 6.61. The molecule has 1 amide bonds. The first-order valence-corrected chi connectivity index (χ1v) is 8.64. The number of hydrogen-bond donors (Lipinski definition) is 2. The van der Waals surface area contributed by atoms with E-state index in [-0.39, 0.29) is 6.10 Å². The van der Waals surface area contributed by atoms with E-state index in [1.54, 1.807) is 0 Å². The Labute approximate surface area is 121 Å². The third kappa shape index (κ3) is 2.28. The Morgan fingerprint density at radius 3 is 2.15 bits per heavy atom. The van der Waals surface area contributed by atoms with Crippen LogP contribution in [-0.4, -0.2) is 23.7 Å². The normalized spacial score (nSPS) is 49.5. The fraction of sp³-hybridized carbons (Fsp3) is 0.941. The molecule has 0 aliphatic heterocycles. The van der Waals surface area contributed by atoms with Crippen LogP contribution in [-0.2, 0) is 4.79 Å². The zero-order chi connectivity index (χ0) is 13.7. The molecule has 5 fully saturated rings. The Bertz CT molecular complexity index is 366. The van der Waals surface area contributed by atoms with Gasteiger partial charge < -0.3 is 10.4 Å². The first-order valence-electron chi connectivity index (χ1n) is 8.64. The van der Waals surface area contributed by atoms with Gasteiger partial charge in [-0.05, 0) is 81.0 Å². The van der Waals surface area contributed by atoms with Gasteiger partial charge in [0.15, 0.2) is 0 Å². The second kappa shape index (κ2) is 5.01. The minimum Gasteiger partial charge on any atom is -0.393 e. The summed E-state index contributed by atoms with van der Waals surface area (Å²) in [5.41, 5.74) is 0. The van der Waals surface area contributed by atoms with Crippen molar-refractivity contribution in [1.29, 1.82) is 0 Å². The van der Waals surface area contributed by atoms with Crippen LogP contribution in [0.5, 0.6) is 0 Å². The van der Waals surface area contributed by atoms with Crippen LogP contribution in [0, 0.1) is 35.5 Å². The smallest absolute Gasteiger partial charge is 0.223 e. The van der Waals surface area contributed by atoms with Gasteiger partial charge in [0, 0.05) is 12.5 Å². The number of amides is 1. The highest BCUT2D eigenvalue weighted by Crippen LogP contribution is 2.56. The molecular formula is C17H27NO2. The van der Waals surface area contributed by atoms with E-state index in [0.717, 1.165) is 37.6 Å². The molecule has 0 heterocycles. The van der Waals surface area contributed by atoms with Crippen molar-refractivity contribution in [3.8, 4) is 0 Å². The highest BCUT2D eigenvalue weighted by molar-refractivity contribution is 5.79. The van der Waals surface area contributed by atoms with Gasteiger partial charge >= 0.3 is 0 Å². The van der Waals surface area contributed by atoms with E-state index in [4.69, 9.17) is 0 Å². The molecule has 0 aromatic heterocycles. The molecule has 5 rings (SSSR count). The average Bonchev–Trinajstić information content (AvgIpc) is 2.81. The molecule has 20 heavy (non-hydrogen) atoms. The molecule has 112 valence electrons. The quantitative estimate of drug-likeness (QED) is 0.832. The van der Waals surface area contributed by atoms with Gasteiger partial charge in [-0.2, -0.15) is 0 Å². The van der Waals surface area contributed by atoms with Crippen molar-refractivity contribution in [2.24, 2.45) is 35.5 Å². The molecule has 2 unspecified atom stereocenters. The molecule has 2 N–H and O–H groups in total. The molecule has 3 nitrogen and oxygen atoms in total. The zero-order valence-corrected chi connectivity index (χ0v) is 12.3. The number of carbonyl (C=O) groups is 1. The highest BCUT2D eigenvalue weighted by Gasteiger charge is 2.50. The van der Waals surface area contributed by atoms with Gasteiger partial charge in [0.2, 0.25) is 5.91 Å². The molecule has 2 atom stereocenters. The van der Waals surface area contributed by atoms with Crippen molar-refractivity contribution in [3.05, 3.63) is 0 Å². The van der Waals surface area contributed by atoms with Gasteiger partial charge in [-0.1, -0.05) is 0 Å². The molecule has 0 spiro atoms. The van der Waals surface area contributed by atoms with Crippen molar-refractivity contribution in [2.75, 3.05) is 6.54 Å². The van der Waals surface area contributed by atoms with Crippen LogP contribution in [0.4, 0.5) is 0 Å². The lowest BCUT2D eigenvalue weighted by atomic mass is 9.51. The summed E-state index contributed by atoms with van der Waals surface area (Å²) in [6.45, 7) is 0.790. The molecule has 5 saturated carbocycles. The lowest BCUT2D eigenvalue weighted by Gasteiger charge is -2.53. The minimum atomic E-state index is -0.127. The second-order valence-electron chi connectivity index (χ2n) is 8.03. The summed E-state index contributed by atoms with van der Waals surface area (Å²) in [6.07, 6.45) is 9.43. The summed E-state index contributed by atoms with van der Waals surface area (Å²) in [5, 5.41) is 12.8. The molecule has 5 aliphatic rings. The van der Waals surface area contributed by atoms with Crippen molar-refractivity contribution in [2.45, 2.75) is 57.5 Å². The van der Waals surface area contributed by atoms with Gasteiger partial charge in [-0.15, -0.1) is 0 Å². The summed E-state index contributed by atoms with van der Waals surface area (Å²) in [7, 11) is 0.